The predicted octanol–water partition coefficient (Wildman–Crippen LogP) is 4.33. The summed E-state index contributed by atoms with van der Waals surface area (Å²) in [6.07, 6.45) is 10.9. The van der Waals surface area contributed by atoms with Crippen molar-refractivity contribution in [3.05, 3.63) is 41.5 Å². The van der Waals surface area contributed by atoms with Crippen molar-refractivity contribution in [1.29, 1.82) is 0 Å². The van der Waals surface area contributed by atoms with E-state index < -0.39 is 0 Å². The van der Waals surface area contributed by atoms with E-state index in [4.69, 9.17) is 4.74 Å². The molecule has 5 heteroatoms. The number of hydrogen-bond donors (Lipinski definition) is 0. The highest BCUT2D eigenvalue weighted by Crippen LogP contribution is 2.38. The Bertz CT molecular complexity index is 723. The fourth-order valence-corrected chi connectivity index (χ4v) is 3.86. The lowest BCUT2D eigenvalue weighted by Gasteiger charge is -2.32. The molecule has 0 aliphatic heterocycles. The van der Waals surface area contributed by atoms with E-state index in [1.54, 1.807) is 12.4 Å². The third-order valence-corrected chi connectivity index (χ3v) is 5.20. The van der Waals surface area contributed by atoms with Crippen molar-refractivity contribution in [2.75, 3.05) is 6.61 Å². The molecule has 0 radical (unpaired) electrons. The van der Waals surface area contributed by atoms with Gasteiger partial charge in [0.25, 0.3) is 0 Å². The maximum atomic E-state index is 11.4. The summed E-state index contributed by atoms with van der Waals surface area (Å²) in [6.45, 7) is 6.83. The molecule has 5 nitrogen and oxygen atoms in total. The molecule has 0 bridgehead atoms. The Morgan fingerprint density at radius 1 is 1.32 bits per heavy atom. The largest absolute Gasteiger partial charge is 0.491 e. The molecule has 0 saturated heterocycles. The summed E-state index contributed by atoms with van der Waals surface area (Å²) >= 11 is 0. The van der Waals surface area contributed by atoms with Gasteiger partial charge in [0, 0.05) is 36.0 Å². The second-order valence-corrected chi connectivity index (χ2v) is 7.24. The SMILES string of the molecule is Cc1cncc(OCC2CCCCC2c2ccnn2C(C)C)c1C=O. The van der Waals surface area contributed by atoms with Gasteiger partial charge in [0.1, 0.15) is 5.75 Å². The topological polar surface area (TPSA) is 57.0 Å². The van der Waals surface area contributed by atoms with E-state index in [1.165, 1.54) is 25.0 Å². The molecule has 0 aromatic carbocycles. The molecule has 2 unspecified atom stereocenters. The van der Waals surface area contributed by atoms with E-state index in [-0.39, 0.29) is 0 Å². The highest BCUT2D eigenvalue weighted by molar-refractivity contribution is 5.81. The zero-order valence-electron chi connectivity index (χ0n) is 15.3. The van der Waals surface area contributed by atoms with E-state index in [9.17, 15) is 4.79 Å². The van der Waals surface area contributed by atoms with E-state index in [2.05, 4.69) is 34.7 Å². The standard InChI is InChI=1S/C20H27N3O2/c1-14(2)23-19(8-9-22-23)17-7-5-4-6-16(17)13-25-20-11-21-10-15(3)18(20)12-24/h8-12,14,16-17H,4-7,13H2,1-3H3. The van der Waals surface area contributed by atoms with Crippen LogP contribution in [0.1, 0.15) is 73.1 Å². The van der Waals surface area contributed by atoms with Crippen molar-refractivity contribution in [2.24, 2.45) is 5.92 Å². The average Bonchev–Trinajstić information content (AvgIpc) is 3.10. The van der Waals surface area contributed by atoms with Gasteiger partial charge in [-0.3, -0.25) is 14.5 Å². The Balaban J connectivity index is 1.77. The molecule has 2 heterocycles. The summed E-state index contributed by atoms with van der Waals surface area (Å²) in [5.74, 6) is 1.48. The Labute approximate surface area is 149 Å². The Kier molecular flexibility index (Phi) is 5.51. The van der Waals surface area contributed by atoms with Gasteiger partial charge in [0.05, 0.1) is 18.4 Å². The van der Waals surface area contributed by atoms with Crippen molar-refractivity contribution in [3.8, 4) is 5.75 Å². The lowest BCUT2D eigenvalue weighted by atomic mass is 9.77. The van der Waals surface area contributed by atoms with Gasteiger partial charge < -0.3 is 4.74 Å². The third kappa shape index (κ3) is 3.75. The van der Waals surface area contributed by atoms with Gasteiger partial charge in [-0.2, -0.15) is 5.10 Å². The molecule has 25 heavy (non-hydrogen) atoms. The highest BCUT2D eigenvalue weighted by atomic mass is 16.5. The van der Waals surface area contributed by atoms with Gasteiger partial charge in [-0.1, -0.05) is 12.8 Å². The number of hydrogen-bond acceptors (Lipinski definition) is 4. The maximum absolute atomic E-state index is 11.4. The number of aryl methyl sites for hydroxylation is 1. The van der Waals surface area contributed by atoms with E-state index in [1.807, 2.05) is 13.1 Å². The first-order chi connectivity index (χ1) is 12.1. The zero-order chi connectivity index (χ0) is 17.8. The number of aldehydes is 1. The minimum Gasteiger partial charge on any atom is -0.491 e. The molecular weight excluding hydrogens is 314 g/mol. The monoisotopic (exact) mass is 341 g/mol. The van der Waals surface area contributed by atoms with Crippen molar-refractivity contribution >= 4 is 6.29 Å². The third-order valence-electron chi connectivity index (χ3n) is 5.20. The minimum atomic E-state index is 0.358. The minimum absolute atomic E-state index is 0.358. The van der Waals surface area contributed by atoms with E-state index in [0.29, 0.717) is 35.8 Å². The van der Waals surface area contributed by atoms with Crippen LogP contribution in [0.25, 0.3) is 0 Å². The lowest BCUT2D eigenvalue weighted by Crippen LogP contribution is -2.26. The maximum Gasteiger partial charge on any atom is 0.154 e. The average molecular weight is 341 g/mol. The van der Waals surface area contributed by atoms with Crippen LogP contribution in [0.4, 0.5) is 0 Å². The number of carbonyl (C=O) groups is 1. The van der Waals surface area contributed by atoms with Crippen LogP contribution in [0, 0.1) is 12.8 Å². The molecule has 2 aromatic rings. The molecular formula is C20H27N3O2. The summed E-state index contributed by atoms with van der Waals surface area (Å²) in [5.41, 5.74) is 2.77. The van der Waals surface area contributed by atoms with Gasteiger partial charge in [-0.15, -0.1) is 0 Å². The summed E-state index contributed by atoms with van der Waals surface area (Å²) in [6, 6.07) is 2.50. The Morgan fingerprint density at radius 2 is 2.12 bits per heavy atom. The van der Waals surface area contributed by atoms with Crippen LogP contribution in [0.5, 0.6) is 5.75 Å². The van der Waals surface area contributed by atoms with Crippen LogP contribution >= 0.6 is 0 Å². The van der Waals surface area contributed by atoms with Crippen LogP contribution in [0.15, 0.2) is 24.7 Å². The number of nitrogens with zero attached hydrogens (tertiary/aromatic N) is 3. The van der Waals surface area contributed by atoms with Crippen molar-refractivity contribution in [2.45, 2.75) is 58.4 Å². The van der Waals surface area contributed by atoms with Gasteiger partial charge >= 0.3 is 0 Å². The normalized spacial score (nSPS) is 20.6. The van der Waals surface area contributed by atoms with Crippen molar-refractivity contribution < 1.29 is 9.53 Å². The molecule has 134 valence electrons. The summed E-state index contributed by atoms with van der Waals surface area (Å²) in [5, 5.41) is 4.50. The molecule has 1 aliphatic rings. The number of ether oxygens (including phenoxy) is 1. The summed E-state index contributed by atoms with van der Waals surface area (Å²) in [4.78, 5) is 15.5. The number of aromatic nitrogens is 3. The molecule has 0 amide bonds. The first-order valence-electron chi connectivity index (χ1n) is 9.17. The molecule has 1 saturated carbocycles. The molecule has 0 spiro atoms. The van der Waals surface area contributed by atoms with Crippen LogP contribution in [0.2, 0.25) is 0 Å². The van der Waals surface area contributed by atoms with Crippen LogP contribution in [-0.4, -0.2) is 27.7 Å². The lowest BCUT2D eigenvalue weighted by molar-refractivity contribution is 0.111. The summed E-state index contributed by atoms with van der Waals surface area (Å²) < 4.78 is 8.19. The molecule has 2 atom stereocenters. The fourth-order valence-electron chi connectivity index (χ4n) is 3.86. The van der Waals surface area contributed by atoms with Gasteiger partial charge in [-0.05, 0) is 45.2 Å². The Morgan fingerprint density at radius 3 is 2.88 bits per heavy atom. The van der Waals surface area contributed by atoms with Crippen molar-refractivity contribution in [3.63, 3.8) is 0 Å². The Hall–Kier alpha value is -2.17. The molecule has 1 fully saturated rings. The molecule has 3 rings (SSSR count). The van der Waals surface area contributed by atoms with Crippen LogP contribution in [0.3, 0.4) is 0 Å². The number of rotatable bonds is 6. The van der Waals surface area contributed by atoms with Gasteiger partial charge in [0.15, 0.2) is 6.29 Å². The second-order valence-electron chi connectivity index (χ2n) is 7.24. The first-order valence-corrected chi connectivity index (χ1v) is 9.17. The quantitative estimate of drug-likeness (QED) is 0.734. The predicted molar refractivity (Wildman–Crippen MR) is 97.2 cm³/mol. The van der Waals surface area contributed by atoms with E-state index >= 15 is 0 Å². The summed E-state index contributed by atoms with van der Waals surface area (Å²) in [7, 11) is 0. The highest BCUT2D eigenvalue weighted by Gasteiger charge is 2.30. The van der Waals surface area contributed by atoms with Crippen LogP contribution in [-0.2, 0) is 0 Å². The molecule has 2 aromatic heterocycles. The molecule has 0 N–H and O–H groups in total. The van der Waals surface area contributed by atoms with Gasteiger partial charge in [-0.25, -0.2) is 0 Å². The number of carbonyl (C=O) groups excluding carboxylic acids is 1. The molecule has 1 aliphatic carbocycles. The second kappa shape index (κ2) is 7.81. The fraction of sp³-hybridized carbons (Fsp3) is 0.550. The van der Waals surface area contributed by atoms with E-state index in [0.717, 1.165) is 18.3 Å². The number of pyridine rings is 1. The van der Waals surface area contributed by atoms with Crippen molar-refractivity contribution in [1.82, 2.24) is 14.8 Å². The van der Waals surface area contributed by atoms with Gasteiger partial charge in [0.2, 0.25) is 0 Å². The smallest absolute Gasteiger partial charge is 0.154 e. The zero-order valence-corrected chi connectivity index (χ0v) is 15.3. The van der Waals surface area contributed by atoms with Crippen LogP contribution < -0.4 is 4.74 Å². The first kappa shape index (κ1) is 17.6.